The fraction of sp³-hybridized carbons (Fsp3) is 0.909. The highest BCUT2D eigenvalue weighted by molar-refractivity contribution is 5.71. The van der Waals surface area contributed by atoms with E-state index in [1.807, 2.05) is 13.8 Å². The summed E-state index contributed by atoms with van der Waals surface area (Å²) in [7, 11) is 0. The van der Waals surface area contributed by atoms with Gasteiger partial charge in [-0.15, -0.1) is 0 Å². The van der Waals surface area contributed by atoms with Gasteiger partial charge in [0.1, 0.15) is 6.61 Å². The van der Waals surface area contributed by atoms with Crippen molar-refractivity contribution in [2.75, 3.05) is 32.9 Å². The van der Waals surface area contributed by atoms with Crippen LogP contribution in [-0.4, -0.2) is 38.9 Å². The first-order valence-electron chi connectivity index (χ1n) is 5.63. The Balaban J connectivity index is 3.08. The van der Waals surface area contributed by atoms with E-state index in [0.29, 0.717) is 19.8 Å². The minimum Gasteiger partial charge on any atom is -0.463 e. The van der Waals surface area contributed by atoms with Crippen LogP contribution in [0.15, 0.2) is 0 Å². The van der Waals surface area contributed by atoms with Crippen LogP contribution in [0.25, 0.3) is 0 Å². The average Bonchev–Trinajstić information content (AvgIpc) is 2.21. The van der Waals surface area contributed by atoms with Crippen molar-refractivity contribution in [2.24, 2.45) is 5.92 Å². The highest BCUT2D eigenvalue weighted by Crippen LogP contribution is 1.94. The molecule has 15 heavy (non-hydrogen) atoms. The van der Waals surface area contributed by atoms with Gasteiger partial charge in [0.15, 0.2) is 0 Å². The van der Waals surface area contributed by atoms with Crippen molar-refractivity contribution in [3.05, 3.63) is 0 Å². The van der Waals surface area contributed by atoms with Crippen molar-refractivity contribution in [1.29, 1.82) is 0 Å². The van der Waals surface area contributed by atoms with Crippen LogP contribution >= 0.6 is 0 Å². The molecule has 0 heterocycles. The first-order chi connectivity index (χ1) is 7.18. The van der Waals surface area contributed by atoms with Crippen LogP contribution in [0, 0.1) is 5.92 Å². The molecule has 0 fully saturated rings. The zero-order chi connectivity index (χ0) is 11.5. The zero-order valence-corrected chi connectivity index (χ0v) is 10.0. The standard InChI is InChI=1S/C11H23NO3/c1-4-5-12-6-7-14-8-9-15-11(13)10(2)3/h10,12H,4-9H2,1-3H3. The predicted octanol–water partition coefficient (Wildman–Crippen LogP) is 1.20. The molecule has 1 N–H and O–H groups in total. The molecule has 0 rings (SSSR count). The monoisotopic (exact) mass is 217 g/mol. The maximum Gasteiger partial charge on any atom is 0.308 e. The van der Waals surface area contributed by atoms with Gasteiger partial charge >= 0.3 is 5.97 Å². The molecule has 0 aliphatic carbocycles. The Morgan fingerprint density at radius 2 is 1.93 bits per heavy atom. The fourth-order valence-electron chi connectivity index (χ4n) is 0.916. The molecule has 0 aliphatic rings. The summed E-state index contributed by atoms with van der Waals surface area (Å²) in [5, 5.41) is 3.22. The first-order valence-corrected chi connectivity index (χ1v) is 5.63. The fourth-order valence-corrected chi connectivity index (χ4v) is 0.916. The van der Waals surface area contributed by atoms with E-state index in [0.717, 1.165) is 19.5 Å². The molecular formula is C11H23NO3. The summed E-state index contributed by atoms with van der Waals surface area (Å²) in [6, 6.07) is 0. The molecule has 0 spiro atoms. The van der Waals surface area contributed by atoms with Crippen LogP contribution in [0.5, 0.6) is 0 Å². The second kappa shape index (κ2) is 9.93. The minimum absolute atomic E-state index is 0.0591. The molecule has 0 radical (unpaired) electrons. The van der Waals surface area contributed by atoms with Gasteiger partial charge in [0, 0.05) is 6.54 Å². The molecule has 4 nitrogen and oxygen atoms in total. The molecule has 4 heteroatoms. The number of ether oxygens (including phenoxy) is 2. The van der Waals surface area contributed by atoms with E-state index >= 15 is 0 Å². The van der Waals surface area contributed by atoms with E-state index < -0.39 is 0 Å². The molecule has 0 atom stereocenters. The number of hydrogen-bond acceptors (Lipinski definition) is 4. The zero-order valence-electron chi connectivity index (χ0n) is 10.0. The largest absolute Gasteiger partial charge is 0.463 e. The number of esters is 1. The van der Waals surface area contributed by atoms with Crippen LogP contribution in [0.1, 0.15) is 27.2 Å². The Morgan fingerprint density at radius 3 is 2.53 bits per heavy atom. The quantitative estimate of drug-likeness (QED) is 0.466. The lowest BCUT2D eigenvalue weighted by Crippen LogP contribution is -2.22. The third-order valence-electron chi connectivity index (χ3n) is 1.79. The Kier molecular flexibility index (Phi) is 9.52. The molecule has 0 amide bonds. The summed E-state index contributed by atoms with van der Waals surface area (Å²) in [5.74, 6) is -0.223. The summed E-state index contributed by atoms with van der Waals surface area (Å²) in [5.41, 5.74) is 0. The van der Waals surface area contributed by atoms with Gasteiger partial charge < -0.3 is 14.8 Å². The van der Waals surface area contributed by atoms with Crippen LogP contribution < -0.4 is 5.32 Å². The van der Waals surface area contributed by atoms with E-state index in [9.17, 15) is 4.79 Å². The molecule has 0 aromatic heterocycles. The topological polar surface area (TPSA) is 47.6 Å². The van der Waals surface area contributed by atoms with Crippen molar-refractivity contribution in [2.45, 2.75) is 27.2 Å². The van der Waals surface area contributed by atoms with Gasteiger partial charge in [0.2, 0.25) is 0 Å². The summed E-state index contributed by atoms with van der Waals surface area (Å²) in [6.07, 6.45) is 1.13. The van der Waals surface area contributed by atoms with Gasteiger partial charge in [-0.3, -0.25) is 4.79 Å². The SMILES string of the molecule is CCCNCCOCCOC(=O)C(C)C. The van der Waals surface area contributed by atoms with E-state index in [-0.39, 0.29) is 11.9 Å². The normalized spacial score (nSPS) is 10.7. The van der Waals surface area contributed by atoms with Gasteiger partial charge in [0.05, 0.1) is 19.1 Å². The van der Waals surface area contributed by atoms with Gasteiger partial charge in [-0.1, -0.05) is 20.8 Å². The summed E-state index contributed by atoms with van der Waals surface area (Å²) in [6.45, 7) is 9.13. The Morgan fingerprint density at radius 1 is 1.20 bits per heavy atom. The first kappa shape index (κ1) is 14.4. The average molecular weight is 217 g/mol. The lowest BCUT2D eigenvalue weighted by Gasteiger charge is -2.08. The molecule has 0 saturated heterocycles. The Bertz CT molecular complexity index is 160. The minimum atomic E-state index is -0.164. The van der Waals surface area contributed by atoms with Gasteiger partial charge in [0.25, 0.3) is 0 Å². The van der Waals surface area contributed by atoms with Crippen molar-refractivity contribution in [3.63, 3.8) is 0 Å². The van der Waals surface area contributed by atoms with E-state index in [4.69, 9.17) is 9.47 Å². The number of rotatable bonds is 9. The van der Waals surface area contributed by atoms with Crippen molar-refractivity contribution in [1.82, 2.24) is 5.32 Å². The Labute approximate surface area is 92.3 Å². The third kappa shape index (κ3) is 9.69. The maximum atomic E-state index is 11.0. The van der Waals surface area contributed by atoms with Crippen molar-refractivity contribution in [3.8, 4) is 0 Å². The molecule has 0 aliphatic heterocycles. The maximum absolute atomic E-state index is 11.0. The van der Waals surface area contributed by atoms with Gasteiger partial charge in [-0.2, -0.15) is 0 Å². The van der Waals surface area contributed by atoms with Crippen molar-refractivity contribution < 1.29 is 14.3 Å². The third-order valence-corrected chi connectivity index (χ3v) is 1.79. The molecule has 0 aromatic carbocycles. The van der Waals surface area contributed by atoms with E-state index in [1.54, 1.807) is 0 Å². The smallest absolute Gasteiger partial charge is 0.308 e. The van der Waals surface area contributed by atoms with Crippen LogP contribution in [-0.2, 0) is 14.3 Å². The van der Waals surface area contributed by atoms with Crippen LogP contribution in [0.4, 0.5) is 0 Å². The molecule has 0 saturated carbocycles. The molecular weight excluding hydrogens is 194 g/mol. The van der Waals surface area contributed by atoms with E-state index in [1.165, 1.54) is 0 Å². The lowest BCUT2D eigenvalue weighted by atomic mass is 10.2. The second-order valence-electron chi connectivity index (χ2n) is 3.68. The Hall–Kier alpha value is -0.610. The van der Waals surface area contributed by atoms with Crippen LogP contribution in [0.2, 0.25) is 0 Å². The van der Waals surface area contributed by atoms with Gasteiger partial charge in [-0.05, 0) is 13.0 Å². The summed E-state index contributed by atoms with van der Waals surface area (Å²) >= 11 is 0. The predicted molar refractivity (Wildman–Crippen MR) is 59.8 cm³/mol. The summed E-state index contributed by atoms with van der Waals surface area (Å²) < 4.78 is 10.2. The number of carbonyl (C=O) groups excluding carboxylic acids is 1. The molecule has 0 aromatic rings. The van der Waals surface area contributed by atoms with Crippen molar-refractivity contribution >= 4 is 5.97 Å². The molecule has 90 valence electrons. The highest BCUT2D eigenvalue weighted by Gasteiger charge is 2.06. The number of carbonyl (C=O) groups is 1. The number of nitrogens with one attached hydrogen (secondary N) is 1. The molecule has 0 unspecified atom stereocenters. The number of hydrogen-bond donors (Lipinski definition) is 1. The van der Waals surface area contributed by atoms with Gasteiger partial charge in [-0.25, -0.2) is 0 Å². The molecule has 0 bridgehead atoms. The lowest BCUT2D eigenvalue weighted by molar-refractivity contribution is -0.148. The van der Waals surface area contributed by atoms with Crippen LogP contribution in [0.3, 0.4) is 0 Å². The highest BCUT2D eigenvalue weighted by atomic mass is 16.6. The second-order valence-corrected chi connectivity index (χ2v) is 3.68. The van der Waals surface area contributed by atoms with E-state index in [2.05, 4.69) is 12.2 Å². The summed E-state index contributed by atoms with van der Waals surface area (Å²) in [4.78, 5) is 11.0.